The van der Waals surface area contributed by atoms with Crippen molar-refractivity contribution in [2.45, 2.75) is 180 Å². The first-order chi connectivity index (χ1) is 32.8. The summed E-state index contributed by atoms with van der Waals surface area (Å²) in [4.78, 5) is 72.3. The molecule has 69 heavy (non-hydrogen) atoms. The van der Waals surface area contributed by atoms with Gasteiger partial charge in [0, 0.05) is 64.4 Å². The standard InChI is InChI=1S/C52H79N5O12/c1-30-16-12-11-13-17-31(2)42(65-8)28-38-21-19-36(7)52(64,69-38)48(61)50(62)57-23-15-14-18-40(57)51(63)68-43(33(4)26-37-20-22-39(44(27-37)66-9)49-53-55-56-54-49)29-41(58)32(3)25-35(6)46(60)47(67-10)45(59)34(5)24-30/h11-13,16-17,25,30,32-34,36-40,42-44,46-47,49,60,64H,14-15,18-24,26-29H2,1-10H3/b13-11+,16-12+,31-17+,35-25+/t30-,32-,33-,34+,36-,37+,38+,39+,40?,42+,43+,44-,46-,47+,52-/m1/s1. The fourth-order valence-electron chi connectivity index (χ4n) is 10.9. The number of ether oxygens (including phenoxy) is 5. The van der Waals surface area contributed by atoms with Gasteiger partial charge in [0.25, 0.3) is 11.7 Å². The van der Waals surface area contributed by atoms with Crippen LogP contribution in [0.25, 0.3) is 0 Å². The van der Waals surface area contributed by atoms with Crippen LogP contribution in [0.2, 0.25) is 0 Å². The molecule has 17 heteroatoms. The van der Waals surface area contributed by atoms with Gasteiger partial charge < -0.3 is 38.8 Å². The van der Waals surface area contributed by atoms with Gasteiger partial charge in [-0.05, 0) is 117 Å². The van der Waals surface area contributed by atoms with E-state index in [9.17, 15) is 34.2 Å². The van der Waals surface area contributed by atoms with Crippen LogP contribution in [0.5, 0.6) is 0 Å². The first-order valence-electron chi connectivity index (χ1n) is 25.1. The average molecular weight is 966 g/mol. The number of ketones is 3. The summed E-state index contributed by atoms with van der Waals surface area (Å²) in [5, 5.41) is 39.2. The topological polar surface area (TPSA) is 225 Å². The van der Waals surface area contributed by atoms with Crippen LogP contribution in [-0.2, 0) is 47.7 Å². The van der Waals surface area contributed by atoms with Crippen molar-refractivity contribution < 1.29 is 57.9 Å². The maximum Gasteiger partial charge on any atom is 0.329 e. The number of amides is 1. The minimum atomic E-state index is -2.43. The van der Waals surface area contributed by atoms with Crippen LogP contribution < -0.4 is 0 Å². The van der Waals surface area contributed by atoms with Crippen LogP contribution in [0.1, 0.15) is 126 Å². The summed E-state index contributed by atoms with van der Waals surface area (Å²) in [5.41, 5.74) is 1.27. The highest BCUT2D eigenvalue weighted by atomic mass is 16.6. The number of carbonyl (C=O) groups is 5. The number of Topliss-reactive ketones (excluding diaryl/α,β-unsaturated/α-hetero) is 3. The van der Waals surface area contributed by atoms with Gasteiger partial charge in [0.2, 0.25) is 5.79 Å². The van der Waals surface area contributed by atoms with Crippen LogP contribution in [0.15, 0.2) is 68.3 Å². The Kier molecular flexibility index (Phi) is 20.9. The number of esters is 1. The van der Waals surface area contributed by atoms with E-state index in [1.807, 2.05) is 58.1 Å². The highest BCUT2D eigenvalue weighted by molar-refractivity contribution is 6.39. The summed E-state index contributed by atoms with van der Waals surface area (Å²) < 4.78 is 29.9. The number of hydrogen-bond donors (Lipinski definition) is 2. The molecule has 15 atom stereocenters. The molecule has 1 aliphatic carbocycles. The van der Waals surface area contributed by atoms with E-state index in [2.05, 4.69) is 20.7 Å². The number of aliphatic hydroxyl groups excluding tert-OH is 1. The van der Waals surface area contributed by atoms with Gasteiger partial charge in [-0.15, -0.1) is 10.2 Å². The highest BCUT2D eigenvalue weighted by Crippen LogP contribution is 2.40. The minimum absolute atomic E-state index is 0.00382. The van der Waals surface area contributed by atoms with Gasteiger partial charge in [0.15, 0.2) is 11.9 Å². The second kappa shape index (κ2) is 25.8. The number of fused-ring (bicyclic) bond motifs is 3. The largest absolute Gasteiger partial charge is 0.460 e. The summed E-state index contributed by atoms with van der Waals surface area (Å²) in [6, 6.07) is -1.14. The van der Waals surface area contributed by atoms with E-state index < -0.39 is 83.9 Å². The Balaban J connectivity index is 1.46. The van der Waals surface area contributed by atoms with E-state index in [0.717, 1.165) is 18.4 Å². The van der Waals surface area contributed by atoms with Crippen LogP contribution in [-0.4, -0.2) is 127 Å². The smallest absolute Gasteiger partial charge is 0.329 e. The lowest BCUT2D eigenvalue weighted by molar-refractivity contribution is -0.265. The molecule has 5 rings (SSSR count). The summed E-state index contributed by atoms with van der Waals surface area (Å²) in [7, 11) is 4.62. The number of aliphatic hydroxyl groups is 2. The van der Waals surface area contributed by atoms with Crippen LogP contribution in [0.4, 0.5) is 0 Å². The van der Waals surface area contributed by atoms with Crippen LogP contribution in [0.3, 0.4) is 0 Å². The molecule has 2 saturated heterocycles. The molecule has 1 saturated carbocycles. The molecule has 17 nitrogen and oxygen atoms in total. The minimum Gasteiger partial charge on any atom is -0.460 e. The molecule has 0 spiro atoms. The third-order valence-corrected chi connectivity index (χ3v) is 15.3. The predicted octanol–water partition coefficient (Wildman–Crippen LogP) is 7.60. The molecule has 2 bridgehead atoms. The monoisotopic (exact) mass is 966 g/mol. The van der Waals surface area contributed by atoms with Crippen molar-refractivity contribution in [3.63, 3.8) is 0 Å². The Bertz CT molecular complexity index is 1970. The van der Waals surface area contributed by atoms with Crippen molar-refractivity contribution in [3.05, 3.63) is 47.6 Å². The van der Waals surface area contributed by atoms with Gasteiger partial charge in [-0.1, -0.05) is 71.1 Å². The molecule has 4 aliphatic heterocycles. The Morgan fingerprint density at radius 1 is 0.855 bits per heavy atom. The molecule has 0 radical (unpaired) electrons. The van der Waals surface area contributed by atoms with Crippen molar-refractivity contribution in [1.82, 2.24) is 4.90 Å². The highest BCUT2D eigenvalue weighted by Gasteiger charge is 2.53. The average Bonchev–Trinajstić information content (AvgIpc) is 3.88. The quantitative estimate of drug-likeness (QED) is 0.143. The molecule has 1 unspecified atom stereocenters. The number of nitrogens with zero attached hydrogens (tertiary/aromatic N) is 5. The van der Waals surface area contributed by atoms with E-state index in [1.54, 1.807) is 41.1 Å². The predicted molar refractivity (Wildman–Crippen MR) is 256 cm³/mol. The van der Waals surface area contributed by atoms with Crippen molar-refractivity contribution in [2.24, 2.45) is 62.1 Å². The number of hydrogen-bond acceptors (Lipinski definition) is 16. The molecule has 5 aliphatic rings. The van der Waals surface area contributed by atoms with Gasteiger partial charge >= 0.3 is 5.97 Å². The summed E-state index contributed by atoms with van der Waals surface area (Å²) in [6.45, 7) is 12.8. The SMILES string of the molecule is CO[C@H]1C[C@@H]2CC[C@@H](C)[C@@](O)(O2)C(=O)C(=O)N2CCCCC2C(=O)O[C@H]([C@H](C)C[C@@H]2CC[C@H](C3N=NN=N3)[C@H](OC)C2)CC(=O)[C@H](C)/C=C(\C)[C@@H](O)[C@@H](OC)C(=O)[C@@H](C)C[C@H](C)/C=C/C=C/C=C/1C. The van der Waals surface area contributed by atoms with Crippen LogP contribution in [0, 0.1) is 41.4 Å². The summed E-state index contributed by atoms with van der Waals surface area (Å²) in [5.74, 6) is -7.93. The Morgan fingerprint density at radius 3 is 2.26 bits per heavy atom. The van der Waals surface area contributed by atoms with E-state index in [0.29, 0.717) is 56.9 Å². The number of rotatable bonds is 7. The Labute approximate surface area is 408 Å². The molecule has 2 N–H and O–H groups in total. The lowest BCUT2D eigenvalue weighted by Crippen LogP contribution is -2.61. The number of cyclic esters (lactones) is 1. The second-order valence-corrected chi connectivity index (χ2v) is 20.5. The molecular weight excluding hydrogens is 887 g/mol. The third kappa shape index (κ3) is 14.3. The first kappa shape index (κ1) is 55.8. The Morgan fingerprint density at radius 2 is 1.58 bits per heavy atom. The maximum absolute atomic E-state index is 14.5. The normalized spacial score (nSPS) is 39.7. The van der Waals surface area contributed by atoms with E-state index in [1.165, 1.54) is 12.0 Å². The fourth-order valence-corrected chi connectivity index (χ4v) is 10.9. The van der Waals surface area contributed by atoms with Crippen molar-refractivity contribution >= 4 is 29.2 Å². The first-order valence-corrected chi connectivity index (χ1v) is 25.1. The van der Waals surface area contributed by atoms with E-state index in [4.69, 9.17) is 23.7 Å². The van der Waals surface area contributed by atoms with Crippen molar-refractivity contribution in [3.8, 4) is 0 Å². The zero-order valence-electron chi connectivity index (χ0n) is 42.5. The van der Waals surface area contributed by atoms with Gasteiger partial charge in [-0.3, -0.25) is 19.2 Å². The van der Waals surface area contributed by atoms with Crippen molar-refractivity contribution in [2.75, 3.05) is 27.9 Å². The number of allylic oxidation sites excluding steroid dienone is 6. The fraction of sp³-hybridized carbons (Fsp3) is 0.750. The number of carbonyl (C=O) groups excluding carboxylic acids is 5. The molecule has 1 amide bonds. The maximum atomic E-state index is 14.5. The molecule has 384 valence electrons. The number of methoxy groups -OCH3 is 3. The molecular formula is C52H79N5O12. The second-order valence-electron chi connectivity index (χ2n) is 20.5. The zero-order valence-corrected chi connectivity index (χ0v) is 42.5. The van der Waals surface area contributed by atoms with Gasteiger partial charge in [0.05, 0.1) is 18.3 Å². The Hall–Kier alpha value is -4.13. The third-order valence-electron chi connectivity index (χ3n) is 15.3. The van der Waals surface area contributed by atoms with Gasteiger partial charge in [0.1, 0.15) is 30.1 Å². The molecule has 3 fully saturated rings. The van der Waals surface area contributed by atoms with Crippen LogP contribution >= 0.6 is 0 Å². The summed E-state index contributed by atoms with van der Waals surface area (Å²) in [6.07, 6.45) is 12.0. The lowest BCUT2D eigenvalue weighted by Gasteiger charge is -2.42. The number of piperidine rings is 1. The van der Waals surface area contributed by atoms with Gasteiger partial charge in [-0.25, -0.2) is 4.79 Å². The van der Waals surface area contributed by atoms with E-state index in [-0.39, 0.29) is 60.7 Å². The lowest BCUT2D eigenvalue weighted by atomic mass is 9.74. The summed E-state index contributed by atoms with van der Waals surface area (Å²) >= 11 is 0. The molecule has 0 aromatic carbocycles. The molecule has 0 aromatic heterocycles. The molecule has 0 aromatic rings. The zero-order chi connectivity index (χ0) is 50.6. The van der Waals surface area contributed by atoms with Crippen molar-refractivity contribution in [1.29, 1.82) is 0 Å². The van der Waals surface area contributed by atoms with Gasteiger partial charge in [-0.2, -0.15) is 0 Å². The van der Waals surface area contributed by atoms with E-state index >= 15 is 0 Å². The molecule has 4 heterocycles.